The maximum Gasteiger partial charge on any atom is 0.343 e. The highest BCUT2D eigenvalue weighted by Crippen LogP contribution is 2.22. The van der Waals surface area contributed by atoms with E-state index < -0.39 is 5.97 Å². The van der Waals surface area contributed by atoms with Gasteiger partial charge in [0.05, 0.1) is 6.61 Å². The van der Waals surface area contributed by atoms with Crippen molar-refractivity contribution in [2.75, 3.05) is 17.7 Å². The van der Waals surface area contributed by atoms with Crippen molar-refractivity contribution < 1.29 is 9.53 Å². The molecule has 2 rings (SSSR count). The van der Waals surface area contributed by atoms with Crippen molar-refractivity contribution in [3.8, 4) is 11.4 Å². The van der Waals surface area contributed by atoms with Gasteiger partial charge in [0, 0.05) is 23.5 Å². The van der Waals surface area contributed by atoms with Crippen LogP contribution in [0.2, 0.25) is 0 Å². The maximum atomic E-state index is 12.1. The number of rotatable bonds is 6. The van der Waals surface area contributed by atoms with Crippen LogP contribution in [0, 0.1) is 0 Å². The highest BCUT2D eigenvalue weighted by Gasteiger charge is 2.17. The zero-order valence-electron chi connectivity index (χ0n) is 13.7. The molecule has 0 amide bonds. The number of nitrogen functional groups attached to an aromatic ring is 1. The number of aromatic nitrogens is 2. The molecule has 0 unspecified atom stereocenters. The van der Waals surface area contributed by atoms with Gasteiger partial charge in [-0.05, 0) is 32.4 Å². The van der Waals surface area contributed by atoms with E-state index in [1.807, 2.05) is 19.1 Å². The highest BCUT2D eigenvalue weighted by molar-refractivity contribution is 5.94. The molecule has 6 heteroatoms. The second kappa shape index (κ2) is 7.58. The van der Waals surface area contributed by atoms with Gasteiger partial charge in [0.1, 0.15) is 11.4 Å². The van der Waals surface area contributed by atoms with Crippen LogP contribution in [0.1, 0.15) is 37.6 Å². The minimum Gasteiger partial charge on any atom is -0.462 e. The molecule has 1 aromatic carbocycles. The SMILES string of the molecule is CCOC(=O)c1cnc(-c2cccc(N)c2)nc1N[C@@H](C)CC. The Morgan fingerprint density at radius 3 is 2.83 bits per heavy atom. The van der Waals surface area contributed by atoms with Crippen LogP contribution in [0.15, 0.2) is 30.5 Å². The zero-order chi connectivity index (χ0) is 16.8. The first-order chi connectivity index (χ1) is 11.0. The first-order valence-corrected chi connectivity index (χ1v) is 7.71. The Balaban J connectivity index is 2.43. The minimum atomic E-state index is -0.433. The van der Waals surface area contributed by atoms with Gasteiger partial charge in [-0.1, -0.05) is 19.1 Å². The van der Waals surface area contributed by atoms with Crippen molar-refractivity contribution in [1.82, 2.24) is 9.97 Å². The molecule has 0 radical (unpaired) electrons. The van der Waals surface area contributed by atoms with Crippen molar-refractivity contribution in [1.29, 1.82) is 0 Å². The summed E-state index contributed by atoms with van der Waals surface area (Å²) in [7, 11) is 0. The van der Waals surface area contributed by atoms with Gasteiger partial charge in [0.25, 0.3) is 0 Å². The number of nitrogens with two attached hydrogens (primary N) is 1. The first-order valence-electron chi connectivity index (χ1n) is 7.71. The molecule has 0 saturated carbocycles. The van der Waals surface area contributed by atoms with Crippen LogP contribution in [0.4, 0.5) is 11.5 Å². The molecular weight excluding hydrogens is 292 g/mol. The normalized spacial score (nSPS) is 11.8. The third-order valence-corrected chi connectivity index (χ3v) is 3.42. The molecule has 6 nitrogen and oxygen atoms in total. The van der Waals surface area contributed by atoms with Gasteiger partial charge in [0.15, 0.2) is 5.82 Å². The first kappa shape index (κ1) is 16.7. The molecule has 0 aliphatic heterocycles. The zero-order valence-corrected chi connectivity index (χ0v) is 13.7. The molecule has 0 aliphatic rings. The summed E-state index contributed by atoms with van der Waals surface area (Å²) in [5.41, 5.74) is 7.58. The van der Waals surface area contributed by atoms with Crippen LogP contribution < -0.4 is 11.1 Å². The number of nitrogens with one attached hydrogen (secondary N) is 1. The van der Waals surface area contributed by atoms with Crippen LogP contribution in [-0.2, 0) is 4.74 Å². The standard InChI is InChI=1S/C17H22N4O2/c1-4-11(3)20-16-14(17(22)23-5-2)10-19-15(21-16)12-7-6-8-13(18)9-12/h6-11H,4-5,18H2,1-3H3,(H,19,20,21)/t11-/m0/s1. The lowest BCUT2D eigenvalue weighted by Gasteiger charge is -2.16. The van der Waals surface area contributed by atoms with E-state index >= 15 is 0 Å². The molecule has 0 bridgehead atoms. The predicted molar refractivity (Wildman–Crippen MR) is 91.2 cm³/mol. The van der Waals surface area contributed by atoms with Gasteiger partial charge in [-0.2, -0.15) is 0 Å². The summed E-state index contributed by atoms with van der Waals surface area (Å²) in [6.07, 6.45) is 2.40. The molecule has 23 heavy (non-hydrogen) atoms. The van der Waals surface area contributed by atoms with Crippen LogP contribution >= 0.6 is 0 Å². The number of carbonyl (C=O) groups excluding carboxylic acids is 1. The predicted octanol–water partition coefficient (Wildman–Crippen LogP) is 3.11. The van der Waals surface area contributed by atoms with E-state index in [0.29, 0.717) is 29.5 Å². The molecule has 0 saturated heterocycles. The highest BCUT2D eigenvalue weighted by atomic mass is 16.5. The van der Waals surface area contributed by atoms with Crippen LogP contribution in [0.5, 0.6) is 0 Å². The van der Waals surface area contributed by atoms with Gasteiger partial charge in [-0.25, -0.2) is 14.8 Å². The van der Waals surface area contributed by atoms with Crippen LogP contribution in [0.3, 0.4) is 0 Å². The fraction of sp³-hybridized carbons (Fsp3) is 0.353. The fourth-order valence-corrected chi connectivity index (χ4v) is 2.00. The second-order valence-corrected chi connectivity index (χ2v) is 5.26. The molecule has 3 N–H and O–H groups in total. The number of carbonyl (C=O) groups is 1. The monoisotopic (exact) mass is 314 g/mol. The summed E-state index contributed by atoms with van der Waals surface area (Å²) in [4.78, 5) is 20.9. The maximum absolute atomic E-state index is 12.1. The smallest absolute Gasteiger partial charge is 0.343 e. The average Bonchev–Trinajstić information content (AvgIpc) is 2.54. The summed E-state index contributed by atoms with van der Waals surface area (Å²) >= 11 is 0. The van der Waals surface area contributed by atoms with E-state index in [2.05, 4.69) is 22.2 Å². The Kier molecular flexibility index (Phi) is 5.51. The molecule has 1 atom stereocenters. The number of hydrogen-bond donors (Lipinski definition) is 2. The van der Waals surface area contributed by atoms with E-state index in [4.69, 9.17) is 10.5 Å². The summed E-state index contributed by atoms with van der Waals surface area (Å²) in [5.74, 6) is 0.554. The van der Waals surface area contributed by atoms with Crippen molar-refractivity contribution in [3.05, 3.63) is 36.0 Å². The number of ether oxygens (including phenoxy) is 1. The van der Waals surface area contributed by atoms with Crippen molar-refractivity contribution in [3.63, 3.8) is 0 Å². The molecule has 1 heterocycles. The average molecular weight is 314 g/mol. The third-order valence-electron chi connectivity index (χ3n) is 3.42. The van der Waals surface area contributed by atoms with Gasteiger partial charge < -0.3 is 15.8 Å². The Morgan fingerprint density at radius 1 is 1.39 bits per heavy atom. The van der Waals surface area contributed by atoms with E-state index in [1.54, 1.807) is 19.1 Å². The van der Waals surface area contributed by atoms with Gasteiger partial charge >= 0.3 is 5.97 Å². The van der Waals surface area contributed by atoms with Crippen molar-refractivity contribution in [2.24, 2.45) is 0 Å². The number of esters is 1. The summed E-state index contributed by atoms with van der Waals surface area (Å²) in [6.45, 7) is 6.15. The minimum absolute atomic E-state index is 0.173. The lowest BCUT2D eigenvalue weighted by Crippen LogP contribution is -2.19. The summed E-state index contributed by atoms with van der Waals surface area (Å²) < 4.78 is 5.07. The molecule has 1 aromatic heterocycles. The molecule has 2 aromatic rings. The Hall–Kier alpha value is -2.63. The number of benzene rings is 1. The summed E-state index contributed by atoms with van der Waals surface area (Å²) in [5, 5.41) is 3.24. The third kappa shape index (κ3) is 4.18. The van der Waals surface area contributed by atoms with Crippen LogP contribution in [0.25, 0.3) is 11.4 Å². The molecule has 0 aliphatic carbocycles. The molecular formula is C17H22N4O2. The van der Waals surface area contributed by atoms with Gasteiger partial charge in [-0.15, -0.1) is 0 Å². The topological polar surface area (TPSA) is 90.1 Å². The quantitative estimate of drug-likeness (QED) is 0.629. The largest absolute Gasteiger partial charge is 0.462 e. The number of anilines is 2. The lowest BCUT2D eigenvalue weighted by atomic mass is 10.2. The summed E-state index contributed by atoms with van der Waals surface area (Å²) in [6, 6.07) is 7.49. The fourth-order valence-electron chi connectivity index (χ4n) is 2.00. The van der Waals surface area contributed by atoms with Crippen molar-refractivity contribution in [2.45, 2.75) is 33.2 Å². The van der Waals surface area contributed by atoms with Gasteiger partial charge in [0.2, 0.25) is 0 Å². The van der Waals surface area contributed by atoms with E-state index in [0.717, 1.165) is 12.0 Å². The van der Waals surface area contributed by atoms with Gasteiger partial charge in [-0.3, -0.25) is 0 Å². The van der Waals surface area contributed by atoms with E-state index in [-0.39, 0.29) is 6.04 Å². The molecule has 0 spiro atoms. The Labute approximate surface area is 136 Å². The van der Waals surface area contributed by atoms with E-state index in [1.165, 1.54) is 6.20 Å². The van der Waals surface area contributed by atoms with Crippen LogP contribution in [-0.4, -0.2) is 28.6 Å². The number of nitrogens with zero attached hydrogens (tertiary/aromatic N) is 2. The Bertz CT molecular complexity index is 688. The Morgan fingerprint density at radius 2 is 2.17 bits per heavy atom. The lowest BCUT2D eigenvalue weighted by molar-refractivity contribution is 0.0526. The molecule has 122 valence electrons. The van der Waals surface area contributed by atoms with Crippen molar-refractivity contribution >= 4 is 17.5 Å². The number of hydrogen-bond acceptors (Lipinski definition) is 6. The molecule has 0 fully saturated rings. The second-order valence-electron chi connectivity index (χ2n) is 5.26. The van der Waals surface area contributed by atoms with E-state index in [9.17, 15) is 4.79 Å².